The lowest BCUT2D eigenvalue weighted by Crippen LogP contribution is -2.57. The van der Waals surface area contributed by atoms with Gasteiger partial charge in [0.25, 0.3) is 0 Å². The van der Waals surface area contributed by atoms with Crippen molar-refractivity contribution in [2.24, 2.45) is 52.3 Å². The summed E-state index contributed by atoms with van der Waals surface area (Å²) in [6.07, 6.45) is 11.3. The van der Waals surface area contributed by atoms with Crippen LogP contribution in [0.1, 0.15) is 71.6 Å². The van der Waals surface area contributed by atoms with Gasteiger partial charge in [0, 0.05) is 12.8 Å². The van der Waals surface area contributed by atoms with Gasteiger partial charge in [0.05, 0.1) is 18.8 Å². The zero-order valence-electron chi connectivity index (χ0n) is 19.1. The molecule has 7 rings (SSSR count). The molecule has 0 spiro atoms. The molecule has 1 aliphatic heterocycles. The lowest BCUT2D eigenvalue weighted by molar-refractivity contribution is -0.199. The van der Waals surface area contributed by atoms with Crippen LogP contribution in [-0.2, 0) is 14.3 Å². The fourth-order valence-electron chi connectivity index (χ4n) is 10.0. The Labute approximate surface area is 186 Å². The van der Waals surface area contributed by atoms with Crippen LogP contribution in [0.5, 0.6) is 0 Å². The van der Waals surface area contributed by atoms with Crippen LogP contribution in [0.2, 0.25) is 0 Å². The van der Waals surface area contributed by atoms with E-state index in [1.807, 2.05) is 0 Å². The maximum Gasteiger partial charge on any atom is 0.157 e. The van der Waals surface area contributed by atoms with Gasteiger partial charge in [-0.15, -0.1) is 0 Å². The molecule has 1 N–H and O–H groups in total. The lowest BCUT2D eigenvalue weighted by Gasteiger charge is -2.60. The van der Waals surface area contributed by atoms with Gasteiger partial charge in [-0.2, -0.15) is 0 Å². The van der Waals surface area contributed by atoms with Gasteiger partial charge < -0.3 is 14.6 Å². The van der Waals surface area contributed by atoms with Crippen molar-refractivity contribution in [2.75, 3.05) is 13.2 Å². The van der Waals surface area contributed by atoms with Gasteiger partial charge in [0.15, 0.2) is 12.1 Å². The summed E-state index contributed by atoms with van der Waals surface area (Å²) >= 11 is 0. The molecule has 1 heterocycles. The van der Waals surface area contributed by atoms with Crippen molar-refractivity contribution in [3.8, 4) is 0 Å². The molecule has 4 nitrogen and oxygen atoms in total. The van der Waals surface area contributed by atoms with Crippen molar-refractivity contribution in [3.63, 3.8) is 0 Å². The number of carbonyl (C=O) groups is 1. The Morgan fingerprint density at radius 1 is 1.10 bits per heavy atom. The predicted octanol–water partition coefficient (Wildman–Crippen LogP) is 4.50. The maximum absolute atomic E-state index is 12.2. The van der Waals surface area contributed by atoms with Crippen LogP contribution < -0.4 is 0 Å². The lowest BCUT2D eigenvalue weighted by atomic mass is 9.45. The van der Waals surface area contributed by atoms with Crippen LogP contribution in [0.25, 0.3) is 0 Å². The third kappa shape index (κ3) is 2.45. The first kappa shape index (κ1) is 19.7. The molecule has 4 heteroatoms. The number of ether oxygens (including phenoxy) is 2. The van der Waals surface area contributed by atoms with Crippen molar-refractivity contribution in [1.29, 1.82) is 0 Å². The van der Waals surface area contributed by atoms with E-state index in [-0.39, 0.29) is 17.1 Å². The molecule has 1 saturated heterocycles. The van der Waals surface area contributed by atoms with Crippen molar-refractivity contribution < 1.29 is 19.4 Å². The second-order valence-corrected chi connectivity index (χ2v) is 12.6. The van der Waals surface area contributed by atoms with Crippen molar-refractivity contribution in [2.45, 2.75) is 83.5 Å². The number of rotatable bonds is 3. The van der Waals surface area contributed by atoms with Gasteiger partial charge in [0.2, 0.25) is 0 Å². The van der Waals surface area contributed by atoms with E-state index in [1.165, 1.54) is 24.8 Å². The molecule has 6 fully saturated rings. The number of aliphatic hydroxyl groups is 1. The normalized spacial score (nSPS) is 57.2. The molecule has 0 amide bonds. The number of hydrogen-bond donors (Lipinski definition) is 1. The fourth-order valence-corrected chi connectivity index (χ4v) is 10.0. The molecule has 6 aliphatic carbocycles. The number of allylic oxidation sites excluding steroid dienone is 1. The summed E-state index contributed by atoms with van der Waals surface area (Å²) in [5.74, 6) is 5.13. The first-order valence-corrected chi connectivity index (χ1v) is 13.1. The van der Waals surface area contributed by atoms with E-state index in [0.29, 0.717) is 29.5 Å². The second-order valence-electron chi connectivity index (χ2n) is 12.6. The molecule has 0 radical (unpaired) electrons. The monoisotopic (exact) mass is 426 g/mol. The van der Waals surface area contributed by atoms with E-state index >= 15 is 0 Å². The molecule has 170 valence electrons. The number of fused-ring (bicyclic) bond motifs is 10. The van der Waals surface area contributed by atoms with Crippen LogP contribution in [0.3, 0.4) is 0 Å². The molecule has 31 heavy (non-hydrogen) atoms. The van der Waals surface area contributed by atoms with Crippen LogP contribution in [0.4, 0.5) is 0 Å². The Morgan fingerprint density at radius 2 is 1.90 bits per heavy atom. The molecule has 5 saturated carbocycles. The average molecular weight is 427 g/mol. The Morgan fingerprint density at radius 3 is 2.71 bits per heavy atom. The highest BCUT2D eigenvalue weighted by molar-refractivity contribution is 5.92. The minimum Gasteiger partial charge on any atom is -0.389 e. The first-order valence-electron chi connectivity index (χ1n) is 13.1. The van der Waals surface area contributed by atoms with Crippen LogP contribution in [0.15, 0.2) is 11.6 Å². The highest BCUT2D eigenvalue weighted by Crippen LogP contribution is 2.81. The Hall–Kier alpha value is -0.710. The van der Waals surface area contributed by atoms with Gasteiger partial charge in [-0.05, 0) is 103 Å². The van der Waals surface area contributed by atoms with Crippen molar-refractivity contribution in [3.05, 3.63) is 11.6 Å². The van der Waals surface area contributed by atoms with Gasteiger partial charge in [-0.25, -0.2) is 0 Å². The number of ketones is 1. The maximum atomic E-state index is 12.2. The van der Waals surface area contributed by atoms with Crippen molar-refractivity contribution >= 4 is 5.78 Å². The summed E-state index contributed by atoms with van der Waals surface area (Å²) < 4.78 is 11.6. The summed E-state index contributed by atoms with van der Waals surface area (Å²) in [6, 6.07) is 0. The molecule has 0 aromatic rings. The van der Waals surface area contributed by atoms with Gasteiger partial charge in [-0.3, -0.25) is 4.79 Å². The summed E-state index contributed by atoms with van der Waals surface area (Å²) in [5, 5.41) is 12.2. The molecule has 0 aromatic carbocycles. The highest BCUT2D eigenvalue weighted by atomic mass is 16.7. The molecule has 0 aromatic heterocycles. The van der Waals surface area contributed by atoms with E-state index < -0.39 is 5.60 Å². The minimum atomic E-state index is -0.554. The fraction of sp³-hybridized carbons (Fsp3) is 0.889. The third-order valence-corrected chi connectivity index (χ3v) is 11.6. The highest BCUT2D eigenvalue weighted by Gasteiger charge is 2.78. The molecular weight excluding hydrogens is 388 g/mol. The van der Waals surface area contributed by atoms with E-state index in [9.17, 15) is 9.90 Å². The SMILES string of the molecule is C[C@]12CCC(=O)C=C1[C@@H]1C[C@@H]1C1C2CC[C@@]2(C)C1[C@@H]1C[C@@H]1[C@@]2(O)CCC1OCCCO1. The smallest absolute Gasteiger partial charge is 0.157 e. The standard InChI is InChI=1S/C27H38O4/c1-25-7-4-15(28)12-20(25)16-13-17(16)23-19(25)5-8-26(2)24(23)18-14-21(18)27(26,29)9-6-22-30-10-3-11-31-22/h12,16-19,21-24,29H,3-11,13-14H2,1-2H3/t16-,17+,18-,19?,21+,23?,24?,25-,26+,27+/m1/s1. The number of carbonyl (C=O) groups excluding carboxylic acids is 1. The van der Waals surface area contributed by atoms with E-state index in [4.69, 9.17) is 9.47 Å². The summed E-state index contributed by atoms with van der Waals surface area (Å²) in [4.78, 5) is 12.2. The zero-order chi connectivity index (χ0) is 21.2. The van der Waals surface area contributed by atoms with E-state index in [1.54, 1.807) is 0 Å². The van der Waals surface area contributed by atoms with E-state index in [2.05, 4.69) is 19.9 Å². The Bertz CT molecular complexity index is 844. The quantitative estimate of drug-likeness (QED) is 0.722. The topological polar surface area (TPSA) is 55.8 Å². The third-order valence-electron chi connectivity index (χ3n) is 11.6. The zero-order valence-corrected chi connectivity index (χ0v) is 19.1. The van der Waals surface area contributed by atoms with E-state index in [0.717, 1.165) is 69.5 Å². The van der Waals surface area contributed by atoms with Gasteiger partial charge >= 0.3 is 0 Å². The molecule has 0 bridgehead atoms. The van der Waals surface area contributed by atoms with Gasteiger partial charge in [0.1, 0.15) is 0 Å². The van der Waals surface area contributed by atoms with Crippen LogP contribution >= 0.6 is 0 Å². The average Bonchev–Trinajstić information content (AvgIpc) is 3.67. The Kier molecular flexibility index (Phi) is 3.97. The van der Waals surface area contributed by atoms with Crippen LogP contribution in [0, 0.1) is 52.3 Å². The first-order chi connectivity index (χ1) is 14.9. The summed E-state index contributed by atoms with van der Waals surface area (Å²) in [7, 11) is 0. The predicted molar refractivity (Wildman–Crippen MR) is 116 cm³/mol. The molecule has 7 aliphatic rings. The minimum absolute atomic E-state index is 0.0334. The molecule has 10 atom stereocenters. The Balaban J connectivity index is 1.19. The molecule has 3 unspecified atom stereocenters. The summed E-state index contributed by atoms with van der Waals surface area (Å²) in [6.45, 7) is 6.51. The molecular formula is C27H38O4. The van der Waals surface area contributed by atoms with Gasteiger partial charge in [-0.1, -0.05) is 19.4 Å². The second kappa shape index (κ2) is 6.24. The summed E-state index contributed by atoms with van der Waals surface area (Å²) in [5.41, 5.74) is 1.23. The van der Waals surface area contributed by atoms with Crippen molar-refractivity contribution in [1.82, 2.24) is 0 Å². The largest absolute Gasteiger partial charge is 0.389 e. The number of hydrogen-bond acceptors (Lipinski definition) is 4. The van der Waals surface area contributed by atoms with Crippen LogP contribution in [-0.4, -0.2) is 36.0 Å².